The molecule has 0 N–H and O–H groups in total. The van der Waals surface area contributed by atoms with E-state index in [2.05, 4.69) is 24.6 Å². The van der Waals surface area contributed by atoms with Gasteiger partial charge >= 0.3 is 5.76 Å². The molecule has 7 nitrogen and oxygen atoms in total. The van der Waals surface area contributed by atoms with Crippen LogP contribution >= 0.6 is 23.2 Å². The SMILES string of the molecule is C[Si](C)(C)CCOCn1c(=O)oc2c(-c3c[n+]([O-])cc(Cl)n3)ccc(Cl)c21. The number of oxazole rings is 1. The molecule has 0 aliphatic rings. The number of fused-ring (bicyclic) bond motifs is 1. The van der Waals surface area contributed by atoms with Crippen molar-refractivity contribution in [1.82, 2.24) is 9.55 Å². The molecule has 10 heteroatoms. The van der Waals surface area contributed by atoms with Crippen LogP contribution in [0.15, 0.2) is 33.7 Å². The molecule has 27 heavy (non-hydrogen) atoms. The van der Waals surface area contributed by atoms with Gasteiger partial charge in [-0.15, -0.1) is 0 Å². The molecule has 0 saturated heterocycles. The largest absolute Gasteiger partial charge is 0.619 e. The molecule has 0 aliphatic carbocycles. The Morgan fingerprint density at radius 1 is 1.30 bits per heavy atom. The number of halogens is 2. The van der Waals surface area contributed by atoms with E-state index in [1.165, 1.54) is 10.8 Å². The third-order valence-electron chi connectivity index (χ3n) is 3.97. The molecule has 0 fully saturated rings. The second kappa shape index (κ2) is 7.63. The highest BCUT2D eigenvalue weighted by Crippen LogP contribution is 2.32. The van der Waals surface area contributed by atoms with Crippen molar-refractivity contribution >= 4 is 42.4 Å². The zero-order valence-corrected chi connectivity index (χ0v) is 17.7. The minimum atomic E-state index is -1.24. The van der Waals surface area contributed by atoms with Gasteiger partial charge in [-0.3, -0.25) is 0 Å². The number of ether oxygens (including phenoxy) is 1. The molecule has 0 unspecified atom stereocenters. The molecular weight excluding hydrogens is 409 g/mol. The highest BCUT2D eigenvalue weighted by atomic mass is 35.5. The first kappa shape index (κ1) is 19.9. The molecule has 0 bridgehead atoms. The Labute approximate surface area is 166 Å². The fourth-order valence-electron chi connectivity index (χ4n) is 2.55. The quantitative estimate of drug-likeness (QED) is 0.257. The average molecular weight is 428 g/mol. The smallest absolute Gasteiger partial charge is 0.421 e. The second-order valence-electron chi connectivity index (χ2n) is 7.35. The molecule has 0 saturated carbocycles. The van der Waals surface area contributed by atoms with Crippen molar-refractivity contribution in [2.75, 3.05) is 6.61 Å². The molecule has 0 atom stereocenters. The third-order valence-corrected chi connectivity index (χ3v) is 6.16. The van der Waals surface area contributed by atoms with Crippen LogP contribution in [0.1, 0.15) is 0 Å². The van der Waals surface area contributed by atoms with Crippen LogP contribution in [-0.4, -0.2) is 24.2 Å². The average Bonchev–Trinajstić information content (AvgIpc) is 2.87. The van der Waals surface area contributed by atoms with Crippen LogP contribution in [0.5, 0.6) is 0 Å². The van der Waals surface area contributed by atoms with Gasteiger partial charge in [-0.2, -0.15) is 4.73 Å². The summed E-state index contributed by atoms with van der Waals surface area (Å²) in [6, 6.07) is 4.22. The molecule has 144 valence electrons. The topological polar surface area (TPSA) is 84.2 Å². The number of hydrogen-bond acceptors (Lipinski definition) is 5. The van der Waals surface area contributed by atoms with E-state index in [0.717, 1.165) is 12.2 Å². The standard InChI is InChI=1S/C17H19Cl2N3O4Si/c1-27(2,3)7-6-25-10-22-15-12(18)5-4-11(16(15)26-17(22)23)13-8-21(24)9-14(19)20-13/h4-5,8-9H,6-7,10H2,1-3H3. The Bertz CT molecular complexity index is 1020. The zero-order chi connectivity index (χ0) is 19.8. The summed E-state index contributed by atoms with van der Waals surface area (Å²) in [5, 5.41) is 12.0. The molecule has 2 heterocycles. The minimum Gasteiger partial charge on any atom is -0.619 e. The lowest BCUT2D eigenvalue weighted by Crippen LogP contribution is -2.25. The van der Waals surface area contributed by atoms with Crippen LogP contribution < -0.4 is 10.5 Å². The van der Waals surface area contributed by atoms with Crippen molar-refractivity contribution in [3.63, 3.8) is 0 Å². The third kappa shape index (κ3) is 4.52. The summed E-state index contributed by atoms with van der Waals surface area (Å²) in [6.45, 7) is 7.33. The number of hydrogen-bond donors (Lipinski definition) is 0. The van der Waals surface area contributed by atoms with Gasteiger partial charge in [0.2, 0.25) is 12.4 Å². The number of benzene rings is 1. The molecule has 1 aromatic carbocycles. The molecule has 3 aromatic rings. The summed E-state index contributed by atoms with van der Waals surface area (Å²) in [7, 11) is -1.24. The van der Waals surface area contributed by atoms with Crippen molar-refractivity contribution in [2.24, 2.45) is 0 Å². The van der Waals surface area contributed by atoms with Crippen molar-refractivity contribution in [3.8, 4) is 11.3 Å². The van der Waals surface area contributed by atoms with Crippen molar-refractivity contribution in [1.29, 1.82) is 0 Å². The Morgan fingerprint density at radius 3 is 2.70 bits per heavy atom. The predicted octanol–water partition coefficient (Wildman–Crippen LogP) is 3.91. The van der Waals surface area contributed by atoms with Gasteiger partial charge in [0.05, 0.1) is 10.6 Å². The normalized spacial score (nSPS) is 12.0. The van der Waals surface area contributed by atoms with Gasteiger partial charge < -0.3 is 14.4 Å². The van der Waals surface area contributed by atoms with Crippen LogP contribution in [-0.2, 0) is 11.5 Å². The van der Waals surface area contributed by atoms with Gasteiger partial charge in [0.1, 0.15) is 17.9 Å². The predicted molar refractivity (Wildman–Crippen MR) is 107 cm³/mol. The first-order chi connectivity index (χ1) is 12.7. The van der Waals surface area contributed by atoms with E-state index >= 15 is 0 Å². The van der Waals surface area contributed by atoms with Crippen molar-refractivity contribution < 1.29 is 13.9 Å². The first-order valence-corrected chi connectivity index (χ1v) is 12.8. The van der Waals surface area contributed by atoms with E-state index in [-0.39, 0.29) is 23.2 Å². The van der Waals surface area contributed by atoms with Gasteiger partial charge in [0.15, 0.2) is 10.7 Å². The highest BCUT2D eigenvalue weighted by molar-refractivity contribution is 6.76. The Kier molecular flexibility index (Phi) is 5.62. The van der Waals surface area contributed by atoms with E-state index in [1.54, 1.807) is 12.1 Å². The molecule has 2 aromatic heterocycles. The second-order valence-corrected chi connectivity index (χ2v) is 13.8. The fourth-order valence-corrected chi connectivity index (χ4v) is 3.75. The Morgan fingerprint density at radius 2 is 2.04 bits per heavy atom. The maximum absolute atomic E-state index is 12.4. The molecule has 0 amide bonds. The lowest BCUT2D eigenvalue weighted by Gasteiger charge is -2.15. The maximum atomic E-state index is 12.4. The molecule has 0 radical (unpaired) electrons. The summed E-state index contributed by atoms with van der Waals surface area (Å²) < 4.78 is 12.9. The van der Waals surface area contributed by atoms with Gasteiger partial charge in [-0.05, 0) is 18.2 Å². The number of nitrogens with zero attached hydrogens (tertiary/aromatic N) is 3. The van der Waals surface area contributed by atoms with Gasteiger partial charge in [-0.25, -0.2) is 14.3 Å². The van der Waals surface area contributed by atoms with Gasteiger partial charge in [-0.1, -0.05) is 42.8 Å². The van der Waals surface area contributed by atoms with E-state index in [4.69, 9.17) is 32.4 Å². The van der Waals surface area contributed by atoms with Crippen LogP contribution in [0.25, 0.3) is 22.4 Å². The van der Waals surface area contributed by atoms with Crippen LogP contribution in [0, 0.1) is 5.21 Å². The number of aromatic nitrogens is 3. The molecule has 0 spiro atoms. The van der Waals surface area contributed by atoms with Crippen molar-refractivity contribution in [3.05, 3.63) is 50.5 Å². The highest BCUT2D eigenvalue weighted by Gasteiger charge is 2.20. The zero-order valence-electron chi connectivity index (χ0n) is 15.2. The first-order valence-electron chi connectivity index (χ1n) is 8.32. The Balaban J connectivity index is 2.00. The molecular formula is C17H19Cl2N3O4Si. The van der Waals surface area contributed by atoms with Crippen LogP contribution in [0.2, 0.25) is 35.9 Å². The summed E-state index contributed by atoms with van der Waals surface area (Å²) in [5.41, 5.74) is 1.35. The van der Waals surface area contributed by atoms with E-state index < -0.39 is 13.8 Å². The maximum Gasteiger partial charge on any atom is 0.421 e. The van der Waals surface area contributed by atoms with E-state index in [9.17, 15) is 10.0 Å². The molecule has 3 rings (SSSR count). The minimum absolute atomic E-state index is 0.0297. The van der Waals surface area contributed by atoms with Crippen LogP contribution in [0.4, 0.5) is 0 Å². The van der Waals surface area contributed by atoms with Gasteiger partial charge in [0, 0.05) is 14.7 Å². The summed E-state index contributed by atoms with van der Waals surface area (Å²) in [4.78, 5) is 16.5. The summed E-state index contributed by atoms with van der Waals surface area (Å²) in [5.74, 6) is -0.593. The monoisotopic (exact) mass is 427 g/mol. The van der Waals surface area contributed by atoms with E-state index in [0.29, 0.717) is 27.4 Å². The van der Waals surface area contributed by atoms with Crippen LogP contribution in [0.3, 0.4) is 0 Å². The molecule has 0 aliphatic heterocycles. The lowest BCUT2D eigenvalue weighted by molar-refractivity contribution is -0.605. The van der Waals surface area contributed by atoms with Crippen molar-refractivity contribution in [2.45, 2.75) is 32.4 Å². The van der Waals surface area contributed by atoms with E-state index in [1.807, 2.05) is 0 Å². The Hall–Kier alpha value is -1.87. The van der Waals surface area contributed by atoms with Gasteiger partial charge in [0.25, 0.3) is 0 Å². The number of rotatable bonds is 6. The lowest BCUT2D eigenvalue weighted by atomic mass is 10.1. The summed E-state index contributed by atoms with van der Waals surface area (Å²) in [6.07, 6.45) is 2.38. The summed E-state index contributed by atoms with van der Waals surface area (Å²) >= 11 is 12.2. The fraction of sp³-hybridized carbons (Fsp3) is 0.353.